The Bertz CT molecular complexity index is 981. The molecule has 0 radical (unpaired) electrons. The zero-order valence-corrected chi connectivity index (χ0v) is 14.5. The van der Waals surface area contributed by atoms with Gasteiger partial charge >= 0.3 is 6.03 Å². The van der Waals surface area contributed by atoms with Gasteiger partial charge in [-0.05, 0) is 42.7 Å². The molecule has 2 aromatic heterocycles. The molecule has 1 aromatic carbocycles. The lowest BCUT2D eigenvalue weighted by Gasteiger charge is -2.13. The molecule has 3 amide bonds. The van der Waals surface area contributed by atoms with Crippen molar-refractivity contribution in [2.45, 2.75) is 26.3 Å². The number of nitrogens with one attached hydrogen (secondary N) is 1. The molecule has 1 aliphatic heterocycles. The number of urea groups is 1. The quantitative estimate of drug-likeness (QED) is 0.729. The largest absolute Gasteiger partial charge is 0.436 e. The highest BCUT2D eigenvalue weighted by molar-refractivity contribution is 6.21. The summed E-state index contributed by atoms with van der Waals surface area (Å²) in [6, 6.07) is 7.83. The minimum absolute atomic E-state index is 0.235. The number of hydrogen-bond acceptors (Lipinski definition) is 5. The van der Waals surface area contributed by atoms with Crippen LogP contribution in [0, 0.1) is 5.92 Å². The minimum Gasteiger partial charge on any atom is -0.436 e. The Morgan fingerprint density at radius 2 is 1.96 bits per heavy atom. The van der Waals surface area contributed by atoms with Gasteiger partial charge in [-0.1, -0.05) is 13.8 Å². The highest BCUT2D eigenvalue weighted by Crippen LogP contribution is 2.29. The Morgan fingerprint density at radius 1 is 1.19 bits per heavy atom. The minimum atomic E-state index is -0.483. The molecule has 1 fully saturated rings. The number of carbonyl (C=O) groups excluding carboxylic acids is 2. The van der Waals surface area contributed by atoms with Crippen LogP contribution < -0.4 is 10.2 Å². The molecule has 7 nitrogen and oxygen atoms in total. The van der Waals surface area contributed by atoms with E-state index >= 15 is 0 Å². The van der Waals surface area contributed by atoms with Gasteiger partial charge in [0.1, 0.15) is 11.6 Å². The van der Waals surface area contributed by atoms with Crippen LogP contribution in [0.2, 0.25) is 0 Å². The molecule has 3 heterocycles. The molecule has 0 aliphatic carbocycles. The van der Waals surface area contributed by atoms with Gasteiger partial charge in [0, 0.05) is 18.0 Å². The van der Waals surface area contributed by atoms with Crippen molar-refractivity contribution in [3.8, 4) is 11.5 Å². The van der Waals surface area contributed by atoms with Gasteiger partial charge in [-0.25, -0.2) is 14.7 Å². The Morgan fingerprint density at radius 3 is 2.69 bits per heavy atom. The predicted molar refractivity (Wildman–Crippen MR) is 96.5 cm³/mol. The number of aromatic nitrogens is 2. The number of carbonyl (C=O) groups is 2. The van der Waals surface area contributed by atoms with E-state index in [0.717, 1.165) is 5.56 Å². The number of oxazole rings is 1. The zero-order chi connectivity index (χ0) is 18.3. The molecule has 0 spiro atoms. The van der Waals surface area contributed by atoms with Gasteiger partial charge in [0.05, 0.1) is 5.69 Å². The van der Waals surface area contributed by atoms with Crippen LogP contribution in [0.1, 0.15) is 20.3 Å². The molecule has 1 atom stereocenters. The van der Waals surface area contributed by atoms with Crippen molar-refractivity contribution in [1.82, 2.24) is 15.3 Å². The van der Waals surface area contributed by atoms with Crippen LogP contribution in [0.15, 0.2) is 47.1 Å². The number of pyridine rings is 1. The third-order valence-electron chi connectivity index (χ3n) is 4.28. The summed E-state index contributed by atoms with van der Waals surface area (Å²) in [5, 5.41) is 2.75. The molecule has 132 valence electrons. The standard InChI is InChI=1S/C19H18N4O3/c1-11(2)9-15-18(24)23(19(25)22-15)13-3-4-16-14(10-13)21-17(26-16)12-5-7-20-8-6-12/h3-8,10-11,15H,9H2,1-2H3,(H,22,25)/t15-/m0/s1. The maximum Gasteiger partial charge on any atom is 0.329 e. The Balaban J connectivity index is 1.67. The fourth-order valence-corrected chi connectivity index (χ4v) is 3.08. The van der Waals surface area contributed by atoms with Crippen molar-refractivity contribution in [2.75, 3.05) is 4.90 Å². The number of fused-ring (bicyclic) bond motifs is 1. The van der Waals surface area contributed by atoms with Crippen molar-refractivity contribution >= 4 is 28.7 Å². The van der Waals surface area contributed by atoms with E-state index in [9.17, 15) is 9.59 Å². The molecular formula is C19H18N4O3. The number of anilines is 1. The monoisotopic (exact) mass is 350 g/mol. The summed E-state index contributed by atoms with van der Waals surface area (Å²) < 4.78 is 5.76. The second kappa shape index (κ2) is 6.25. The normalized spacial score (nSPS) is 17.3. The van der Waals surface area contributed by atoms with Crippen molar-refractivity contribution in [1.29, 1.82) is 0 Å². The van der Waals surface area contributed by atoms with E-state index in [-0.39, 0.29) is 5.91 Å². The molecule has 26 heavy (non-hydrogen) atoms. The highest BCUT2D eigenvalue weighted by atomic mass is 16.3. The zero-order valence-electron chi connectivity index (χ0n) is 14.5. The second-order valence-corrected chi connectivity index (χ2v) is 6.71. The van der Waals surface area contributed by atoms with Gasteiger partial charge in [-0.3, -0.25) is 9.78 Å². The van der Waals surface area contributed by atoms with Crippen LogP contribution in [0.25, 0.3) is 22.6 Å². The van der Waals surface area contributed by atoms with Crippen molar-refractivity contribution in [3.05, 3.63) is 42.7 Å². The molecule has 3 aromatic rings. The third-order valence-corrected chi connectivity index (χ3v) is 4.28. The molecule has 1 N–H and O–H groups in total. The maximum absolute atomic E-state index is 12.6. The molecular weight excluding hydrogens is 332 g/mol. The van der Waals surface area contributed by atoms with Crippen molar-refractivity contribution in [2.24, 2.45) is 5.92 Å². The molecule has 0 saturated carbocycles. The lowest BCUT2D eigenvalue weighted by atomic mass is 10.0. The Kier molecular flexibility index (Phi) is 3.91. The first kappa shape index (κ1) is 16.3. The third kappa shape index (κ3) is 2.81. The molecule has 4 rings (SSSR count). The number of nitrogens with zero attached hydrogens (tertiary/aromatic N) is 3. The van der Waals surface area contributed by atoms with Crippen LogP contribution in [0.4, 0.5) is 10.5 Å². The van der Waals surface area contributed by atoms with E-state index in [0.29, 0.717) is 35.0 Å². The first-order chi connectivity index (χ1) is 12.5. The number of benzene rings is 1. The second-order valence-electron chi connectivity index (χ2n) is 6.71. The van der Waals surface area contributed by atoms with Crippen molar-refractivity contribution < 1.29 is 14.0 Å². The van der Waals surface area contributed by atoms with E-state index in [2.05, 4.69) is 15.3 Å². The molecule has 0 bridgehead atoms. The predicted octanol–water partition coefficient (Wildman–Crippen LogP) is 3.36. The number of rotatable bonds is 4. The van der Waals surface area contributed by atoms with Crippen LogP contribution in [-0.4, -0.2) is 27.9 Å². The molecule has 1 aliphatic rings. The number of hydrogen-bond donors (Lipinski definition) is 1. The van der Waals surface area contributed by atoms with Gasteiger partial charge in [0.15, 0.2) is 5.58 Å². The van der Waals surface area contributed by atoms with Gasteiger partial charge in [-0.2, -0.15) is 0 Å². The van der Waals surface area contributed by atoms with Crippen LogP contribution in [0.5, 0.6) is 0 Å². The smallest absolute Gasteiger partial charge is 0.329 e. The first-order valence-corrected chi connectivity index (χ1v) is 8.48. The topological polar surface area (TPSA) is 88.3 Å². The lowest BCUT2D eigenvalue weighted by Crippen LogP contribution is -2.31. The van der Waals surface area contributed by atoms with Gasteiger partial charge < -0.3 is 9.73 Å². The van der Waals surface area contributed by atoms with Crippen LogP contribution in [-0.2, 0) is 4.79 Å². The molecule has 0 unspecified atom stereocenters. The lowest BCUT2D eigenvalue weighted by molar-refractivity contribution is -0.118. The van der Waals surface area contributed by atoms with Gasteiger partial charge in [0.2, 0.25) is 5.89 Å². The van der Waals surface area contributed by atoms with E-state index in [1.54, 1.807) is 42.7 Å². The number of amides is 3. The SMILES string of the molecule is CC(C)C[C@@H]1NC(=O)N(c2ccc3oc(-c4ccncc4)nc3c2)C1=O. The fraction of sp³-hybridized carbons (Fsp3) is 0.263. The van der Waals surface area contributed by atoms with E-state index < -0.39 is 12.1 Å². The summed E-state index contributed by atoms with van der Waals surface area (Å²) in [7, 11) is 0. The summed E-state index contributed by atoms with van der Waals surface area (Å²) in [6.45, 7) is 4.04. The van der Waals surface area contributed by atoms with Gasteiger partial charge in [0.25, 0.3) is 5.91 Å². The average molecular weight is 350 g/mol. The summed E-state index contributed by atoms with van der Waals surface area (Å²) in [5.74, 6) is 0.542. The average Bonchev–Trinajstić information content (AvgIpc) is 3.16. The van der Waals surface area contributed by atoms with E-state index in [1.165, 1.54) is 4.90 Å². The summed E-state index contributed by atoms with van der Waals surface area (Å²) in [4.78, 5) is 34.5. The molecule has 7 heteroatoms. The summed E-state index contributed by atoms with van der Waals surface area (Å²) in [6.07, 6.45) is 3.94. The first-order valence-electron chi connectivity index (χ1n) is 8.48. The Hall–Kier alpha value is -3.22. The molecule has 1 saturated heterocycles. The van der Waals surface area contributed by atoms with Crippen LogP contribution >= 0.6 is 0 Å². The highest BCUT2D eigenvalue weighted by Gasteiger charge is 2.39. The number of imide groups is 1. The fourth-order valence-electron chi connectivity index (χ4n) is 3.08. The summed E-state index contributed by atoms with van der Waals surface area (Å²) in [5.41, 5.74) is 2.47. The van der Waals surface area contributed by atoms with E-state index in [4.69, 9.17) is 4.42 Å². The maximum atomic E-state index is 12.6. The van der Waals surface area contributed by atoms with E-state index in [1.807, 2.05) is 13.8 Å². The van der Waals surface area contributed by atoms with Crippen LogP contribution in [0.3, 0.4) is 0 Å². The Labute approximate surface area is 150 Å². The van der Waals surface area contributed by atoms with Crippen molar-refractivity contribution in [3.63, 3.8) is 0 Å². The van der Waals surface area contributed by atoms with Gasteiger partial charge in [-0.15, -0.1) is 0 Å². The summed E-state index contributed by atoms with van der Waals surface area (Å²) >= 11 is 0.